The second kappa shape index (κ2) is 5.73. The lowest BCUT2D eigenvalue weighted by Gasteiger charge is -2.00. The Labute approximate surface area is 125 Å². The Morgan fingerprint density at radius 2 is 1.70 bits per heavy atom. The third-order valence-corrected chi connectivity index (χ3v) is 4.72. The number of nitrogens with zero attached hydrogens (tertiary/aromatic N) is 2. The van der Waals surface area contributed by atoms with Crippen LogP contribution >= 0.6 is 22.7 Å². The van der Waals surface area contributed by atoms with E-state index in [4.69, 9.17) is 4.74 Å². The van der Waals surface area contributed by atoms with E-state index in [0.29, 0.717) is 0 Å². The summed E-state index contributed by atoms with van der Waals surface area (Å²) in [5, 5.41) is 6.40. The van der Waals surface area contributed by atoms with Crippen molar-refractivity contribution < 1.29 is 4.74 Å². The summed E-state index contributed by atoms with van der Waals surface area (Å²) in [7, 11) is 1.67. The minimum absolute atomic E-state index is 0.819. The maximum Gasteiger partial charge on any atom is 0.118 e. The lowest BCUT2D eigenvalue weighted by Crippen LogP contribution is -1.87. The van der Waals surface area contributed by atoms with Gasteiger partial charge in [0.2, 0.25) is 0 Å². The van der Waals surface area contributed by atoms with Gasteiger partial charge in [-0.3, -0.25) is 0 Å². The van der Waals surface area contributed by atoms with Gasteiger partial charge in [0.25, 0.3) is 0 Å². The highest BCUT2D eigenvalue weighted by Gasteiger charge is 2.07. The summed E-state index contributed by atoms with van der Waals surface area (Å²) in [5.74, 6) is 0.863. The molecule has 5 heteroatoms. The van der Waals surface area contributed by atoms with Gasteiger partial charge >= 0.3 is 0 Å². The molecule has 3 nitrogen and oxygen atoms in total. The van der Waals surface area contributed by atoms with Gasteiger partial charge in [-0.1, -0.05) is 0 Å². The smallest absolute Gasteiger partial charge is 0.118 e. The van der Waals surface area contributed by atoms with Gasteiger partial charge in [0.15, 0.2) is 0 Å². The van der Waals surface area contributed by atoms with Crippen LogP contribution in [-0.4, -0.2) is 17.1 Å². The SMILES string of the molecule is COc1ccc(-c2csc(Cc3nc(C)cs3)n2)cc1. The summed E-state index contributed by atoms with van der Waals surface area (Å²) in [6, 6.07) is 7.98. The van der Waals surface area contributed by atoms with E-state index in [0.717, 1.165) is 39.1 Å². The summed E-state index contributed by atoms with van der Waals surface area (Å²) < 4.78 is 5.17. The number of hydrogen-bond acceptors (Lipinski definition) is 5. The molecular formula is C15H14N2OS2. The second-order valence-corrected chi connectivity index (χ2v) is 6.30. The molecule has 0 aliphatic rings. The van der Waals surface area contributed by atoms with Crippen molar-refractivity contribution in [2.24, 2.45) is 0 Å². The van der Waals surface area contributed by atoms with Gasteiger partial charge < -0.3 is 4.74 Å². The standard InChI is InChI=1S/C15H14N2OS2/c1-10-8-19-14(16-10)7-15-17-13(9-20-15)11-3-5-12(18-2)6-4-11/h3-6,8-9H,7H2,1-2H3. The van der Waals surface area contributed by atoms with Gasteiger partial charge in [0.1, 0.15) is 10.8 Å². The molecule has 0 unspecified atom stereocenters. The predicted molar refractivity (Wildman–Crippen MR) is 83.8 cm³/mol. The van der Waals surface area contributed by atoms with Gasteiger partial charge in [-0.15, -0.1) is 22.7 Å². The molecule has 2 heterocycles. The Hall–Kier alpha value is -1.72. The van der Waals surface area contributed by atoms with Gasteiger partial charge in [-0.2, -0.15) is 0 Å². The van der Waals surface area contributed by atoms with E-state index >= 15 is 0 Å². The van der Waals surface area contributed by atoms with Gasteiger partial charge in [-0.25, -0.2) is 9.97 Å². The molecule has 3 aromatic rings. The summed E-state index contributed by atoms with van der Waals surface area (Å²) in [6.45, 7) is 2.02. The maximum absolute atomic E-state index is 5.17. The summed E-state index contributed by atoms with van der Waals surface area (Å²) in [5.41, 5.74) is 3.21. The van der Waals surface area contributed by atoms with E-state index in [-0.39, 0.29) is 0 Å². The van der Waals surface area contributed by atoms with Crippen LogP contribution in [0.3, 0.4) is 0 Å². The van der Waals surface area contributed by atoms with Crippen molar-refractivity contribution in [3.05, 3.63) is 50.7 Å². The Kier molecular flexibility index (Phi) is 3.80. The van der Waals surface area contributed by atoms with Crippen molar-refractivity contribution in [1.29, 1.82) is 0 Å². The molecule has 0 radical (unpaired) electrons. The average molecular weight is 302 g/mol. The first-order valence-corrected chi connectivity index (χ1v) is 8.00. The van der Waals surface area contributed by atoms with E-state index in [2.05, 4.69) is 20.7 Å². The number of thiazole rings is 2. The van der Waals surface area contributed by atoms with E-state index in [1.165, 1.54) is 0 Å². The molecule has 0 spiro atoms. The first-order valence-electron chi connectivity index (χ1n) is 6.24. The number of benzene rings is 1. The third-order valence-electron chi connectivity index (χ3n) is 2.91. The summed E-state index contributed by atoms with van der Waals surface area (Å²) in [4.78, 5) is 9.16. The number of methoxy groups -OCH3 is 1. The van der Waals surface area contributed by atoms with Gasteiger partial charge in [-0.05, 0) is 31.2 Å². The molecule has 20 heavy (non-hydrogen) atoms. The Balaban J connectivity index is 1.78. The highest BCUT2D eigenvalue weighted by atomic mass is 32.1. The molecule has 0 saturated carbocycles. The molecular weight excluding hydrogens is 288 g/mol. The number of aromatic nitrogens is 2. The highest BCUT2D eigenvalue weighted by Crippen LogP contribution is 2.25. The Morgan fingerprint density at radius 1 is 1.00 bits per heavy atom. The van der Waals surface area contributed by atoms with Crippen LogP contribution in [-0.2, 0) is 6.42 Å². The van der Waals surface area contributed by atoms with Crippen molar-refractivity contribution in [2.75, 3.05) is 7.11 Å². The topological polar surface area (TPSA) is 35.0 Å². The molecule has 0 aliphatic heterocycles. The normalized spacial score (nSPS) is 10.7. The molecule has 0 aliphatic carbocycles. The minimum Gasteiger partial charge on any atom is -0.497 e. The summed E-state index contributed by atoms with van der Waals surface area (Å²) >= 11 is 3.38. The number of rotatable bonds is 4. The first kappa shape index (κ1) is 13.3. The van der Waals surface area contributed by atoms with E-state index < -0.39 is 0 Å². The largest absolute Gasteiger partial charge is 0.497 e. The predicted octanol–water partition coefficient (Wildman–Crippen LogP) is 4.17. The van der Waals surface area contributed by atoms with Crippen LogP contribution < -0.4 is 4.74 Å². The van der Waals surface area contributed by atoms with Crippen molar-refractivity contribution in [3.8, 4) is 17.0 Å². The monoisotopic (exact) mass is 302 g/mol. The van der Waals surface area contributed by atoms with Crippen LogP contribution in [0.25, 0.3) is 11.3 Å². The van der Waals surface area contributed by atoms with Crippen molar-refractivity contribution in [1.82, 2.24) is 9.97 Å². The maximum atomic E-state index is 5.17. The fourth-order valence-electron chi connectivity index (χ4n) is 1.90. The quantitative estimate of drug-likeness (QED) is 0.725. The lowest BCUT2D eigenvalue weighted by molar-refractivity contribution is 0.415. The third kappa shape index (κ3) is 2.89. The molecule has 0 atom stereocenters. The number of ether oxygens (including phenoxy) is 1. The summed E-state index contributed by atoms with van der Waals surface area (Å²) in [6.07, 6.45) is 0.819. The van der Waals surface area contributed by atoms with E-state index in [1.807, 2.05) is 31.2 Å². The molecule has 2 aromatic heterocycles. The van der Waals surface area contributed by atoms with Crippen LogP contribution in [0.1, 0.15) is 15.7 Å². The van der Waals surface area contributed by atoms with Crippen LogP contribution in [0.4, 0.5) is 0 Å². The lowest BCUT2D eigenvalue weighted by atomic mass is 10.2. The van der Waals surface area contributed by atoms with Crippen molar-refractivity contribution in [2.45, 2.75) is 13.3 Å². The van der Waals surface area contributed by atoms with Crippen LogP contribution in [0.15, 0.2) is 35.0 Å². The van der Waals surface area contributed by atoms with Crippen LogP contribution in [0.5, 0.6) is 5.75 Å². The zero-order valence-electron chi connectivity index (χ0n) is 11.3. The first-order chi connectivity index (χ1) is 9.74. The highest BCUT2D eigenvalue weighted by molar-refractivity contribution is 7.11. The molecule has 1 aromatic carbocycles. The fraction of sp³-hybridized carbons (Fsp3) is 0.200. The molecule has 102 valence electrons. The van der Waals surface area contributed by atoms with E-state index in [1.54, 1.807) is 29.8 Å². The average Bonchev–Trinajstić information content (AvgIpc) is 3.09. The second-order valence-electron chi connectivity index (χ2n) is 4.41. The fourth-order valence-corrected chi connectivity index (χ4v) is 3.57. The Morgan fingerprint density at radius 3 is 2.35 bits per heavy atom. The van der Waals surface area contributed by atoms with Crippen molar-refractivity contribution >= 4 is 22.7 Å². The van der Waals surface area contributed by atoms with Crippen molar-refractivity contribution in [3.63, 3.8) is 0 Å². The zero-order chi connectivity index (χ0) is 13.9. The number of aryl methyl sites for hydroxylation is 1. The molecule has 0 bridgehead atoms. The molecule has 0 saturated heterocycles. The van der Waals surface area contributed by atoms with Crippen LogP contribution in [0, 0.1) is 6.92 Å². The molecule has 3 rings (SSSR count). The van der Waals surface area contributed by atoms with Gasteiger partial charge in [0, 0.05) is 22.0 Å². The number of hydrogen-bond donors (Lipinski definition) is 0. The molecule has 0 fully saturated rings. The Bertz CT molecular complexity index is 701. The molecule has 0 N–H and O–H groups in total. The van der Waals surface area contributed by atoms with Crippen LogP contribution in [0.2, 0.25) is 0 Å². The van der Waals surface area contributed by atoms with E-state index in [9.17, 15) is 0 Å². The zero-order valence-corrected chi connectivity index (χ0v) is 12.9. The molecule has 0 amide bonds. The van der Waals surface area contributed by atoms with Gasteiger partial charge in [0.05, 0.1) is 24.2 Å². The minimum atomic E-state index is 0.819.